The first-order valence-electron chi connectivity index (χ1n) is 2.06. The van der Waals surface area contributed by atoms with Crippen molar-refractivity contribution in [2.24, 2.45) is 0 Å². The molecule has 0 unspecified atom stereocenters. The molecule has 0 bridgehead atoms. The predicted molar refractivity (Wildman–Crippen MR) is 22.9 cm³/mol. The Morgan fingerprint density at radius 2 is 1.90 bits per heavy atom. The maximum atomic E-state index is 8.75. The van der Waals surface area contributed by atoms with Gasteiger partial charge in [0, 0.05) is 12.4 Å². The van der Waals surface area contributed by atoms with Crippen molar-refractivity contribution >= 4 is 0 Å². The molecule has 0 aliphatic carbocycles. The second-order valence-electron chi connectivity index (χ2n) is 1.16. The van der Waals surface area contributed by atoms with E-state index in [0.29, 0.717) is 0 Å². The van der Waals surface area contributed by atoms with Crippen LogP contribution in [0, 0.1) is 0 Å². The van der Waals surface area contributed by atoms with Crippen LogP contribution in [0.25, 0.3) is 0 Å². The smallest absolute Gasteiger partial charge is 0.0919 e. The van der Waals surface area contributed by atoms with E-state index < -0.39 is 15.8 Å². The van der Waals surface area contributed by atoms with E-state index in [4.69, 9.17) is 14.2 Å². The van der Waals surface area contributed by atoms with Crippen molar-refractivity contribution in [2.45, 2.75) is 0 Å². The first-order valence-corrected chi connectivity index (χ1v) is 6.60. The van der Waals surface area contributed by atoms with Gasteiger partial charge in [0.25, 0.3) is 0 Å². The van der Waals surface area contributed by atoms with Gasteiger partial charge in [-0.05, 0) is 0 Å². The number of rotatable bonds is 0. The Kier molecular flexibility index (Phi) is 3.80. The zero-order valence-electron chi connectivity index (χ0n) is 4.73. The third-order valence-corrected chi connectivity index (χ3v) is 0.406. The van der Waals surface area contributed by atoms with E-state index in [1.54, 1.807) is 18.7 Å². The minimum absolute atomic E-state index is 1.62. The van der Waals surface area contributed by atoms with Crippen LogP contribution in [0.1, 0.15) is 0 Å². The van der Waals surface area contributed by atoms with Gasteiger partial charge in [-0.25, -0.2) is 4.98 Å². The fourth-order valence-corrected chi connectivity index (χ4v) is 0.215. The molecule has 0 amide bonds. The Morgan fingerprint density at radius 3 is 2.00 bits per heavy atom. The summed E-state index contributed by atoms with van der Waals surface area (Å²) in [5, 5.41) is 0. The van der Waals surface area contributed by atoms with E-state index in [1.165, 1.54) is 0 Å². The molecule has 1 heterocycles. The molecule has 2 N–H and O–H groups in total. The van der Waals surface area contributed by atoms with Gasteiger partial charge >= 0.3 is 30.0 Å². The molecular weight excluding hydrogens is 314 g/mol. The quantitative estimate of drug-likeness (QED) is 0.671. The van der Waals surface area contributed by atoms with Gasteiger partial charge in [0.05, 0.1) is 6.33 Å². The Labute approximate surface area is 59.3 Å². The van der Waals surface area contributed by atoms with E-state index in [0.717, 1.165) is 0 Å². The van der Waals surface area contributed by atoms with Crippen molar-refractivity contribution in [1.82, 2.24) is 9.97 Å². The van der Waals surface area contributed by atoms with E-state index in [9.17, 15) is 0 Å². The van der Waals surface area contributed by atoms with Crippen LogP contribution in [0.3, 0.4) is 0 Å². The SMILES string of the molecule is [O]=[Re](=[O])(=[O])[OH].c1c[nH]cn1. The summed E-state index contributed by atoms with van der Waals surface area (Å²) in [5.41, 5.74) is 0. The summed E-state index contributed by atoms with van der Waals surface area (Å²) < 4.78 is 33.3. The first kappa shape index (κ1) is 9.23. The second kappa shape index (κ2) is 4.11. The third kappa shape index (κ3) is 15.7. The topological polar surface area (TPSA) is 100 Å². The van der Waals surface area contributed by atoms with Crippen LogP contribution in [-0.2, 0) is 26.2 Å². The van der Waals surface area contributed by atoms with Gasteiger partial charge in [0.15, 0.2) is 0 Å². The molecule has 1 rings (SSSR count). The molecule has 0 atom stereocenters. The molecule has 1 aromatic heterocycles. The molecule has 0 radical (unpaired) electrons. The molecule has 0 fully saturated rings. The zero-order valence-corrected chi connectivity index (χ0v) is 7.44. The standard InChI is InChI=1S/C3H4N2.H2O.3O.Re/c1-2-5-3-4-1;;;;;/h1-3H,(H,4,5);1H2;;;;/q;;;;;+1/p-1. The Balaban J connectivity index is 0.000000162. The number of nitrogens with one attached hydrogen (secondary N) is 1. The largest absolute Gasteiger partial charge is 0.351 e. The van der Waals surface area contributed by atoms with E-state index in [1.807, 2.05) is 0 Å². The number of hydrogen-bond donors (Lipinski definition) is 2. The maximum Gasteiger partial charge on any atom is 0.0919 e. The van der Waals surface area contributed by atoms with Crippen LogP contribution >= 0.6 is 0 Å². The van der Waals surface area contributed by atoms with Crippen molar-refractivity contribution in [3.8, 4) is 0 Å². The molecule has 10 heavy (non-hydrogen) atoms. The summed E-state index contributed by atoms with van der Waals surface area (Å²) in [5.74, 6) is 0. The summed E-state index contributed by atoms with van der Waals surface area (Å²) >= 11 is -5.86. The summed E-state index contributed by atoms with van der Waals surface area (Å²) in [4.78, 5) is 6.42. The van der Waals surface area contributed by atoms with Crippen molar-refractivity contribution in [3.05, 3.63) is 18.7 Å². The maximum absolute atomic E-state index is 8.75. The molecule has 0 aliphatic heterocycles. The Morgan fingerprint density at radius 1 is 1.40 bits per heavy atom. The van der Waals surface area contributed by atoms with Gasteiger partial charge in [-0.15, -0.1) is 0 Å². The number of aromatic amines is 1. The molecule has 7 heteroatoms. The molecular formula is C3H5N2O4Re. The van der Waals surface area contributed by atoms with Gasteiger partial charge in [-0.2, -0.15) is 0 Å². The fourth-order valence-electron chi connectivity index (χ4n) is 0.215. The van der Waals surface area contributed by atoms with Gasteiger partial charge in [-0.1, -0.05) is 0 Å². The van der Waals surface area contributed by atoms with Crippen LogP contribution in [0.5, 0.6) is 0 Å². The first-order chi connectivity index (χ1) is 4.50. The minimum Gasteiger partial charge on any atom is -0.351 e. The molecule has 0 aliphatic rings. The average molecular weight is 319 g/mol. The number of nitrogens with zero attached hydrogens (tertiary/aromatic N) is 1. The fraction of sp³-hybridized carbons (Fsp3) is 0. The minimum atomic E-state index is -5.86. The number of aromatic nitrogens is 2. The summed E-state index contributed by atoms with van der Waals surface area (Å²) in [6.07, 6.45) is 5.08. The molecule has 1 aromatic rings. The summed E-state index contributed by atoms with van der Waals surface area (Å²) in [7, 11) is 0. The molecule has 0 spiro atoms. The Bertz CT molecular complexity index is 262. The van der Waals surface area contributed by atoms with Gasteiger partial charge in [0.2, 0.25) is 0 Å². The van der Waals surface area contributed by atoms with Crippen LogP contribution in [0.15, 0.2) is 18.7 Å². The van der Waals surface area contributed by atoms with Crippen LogP contribution in [0.2, 0.25) is 0 Å². The van der Waals surface area contributed by atoms with Crippen molar-refractivity contribution in [2.75, 3.05) is 0 Å². The van der Waals surface area contributed by atoms with Crippen molar-refractivity contribution in [3.63, 3.8) is 0 Å². The molecule has 0 aromatic carbocycles. The number of imidazole rings is 1. The van der Waals surface area contributed by atoms with Gasteiger partial charge < -0.3 is 4.98 Å². The average Bonchev–Trinajstić information content (AvgIpc) is 2.07. The molecule has 0 saturated carbocycles. The normalized spacial score (nSPS) is 9.70. The van der Waals surface area contributed by atoms with Crippen LogP contribution in [0.4, 0.5) is 0 Å². The van der Waals surface area contributed by atoms with Crippen molar-refractivity contribution in [1.29, 1.82) is 0 Å². The molecule has 58 valence electrons. The predicted octanol–water partition coefficient (Wildman–Crippen LogP) is -0.506. The summed E-state index contributed by atoms with van der Waals surface area (Å²) in [6.45, 7) is 0. The third-order valence-electron chi connectivity index (χ3n) is 0.406. The van der Waals surface area contributed by atoms with E-state index in [-0.39, 0.29) is 0 Å². The molecule has 6 nitrogen and oxygen atoms in total. The van der Waals surface area contributed by atoms with Gasteiger partial charge in [-0.3, -0.25) is 0 Å². The van der Waals surface area contributed by atoms with E-state index in [2.05, 4.69) is 9.97 Å². The number of H-pyrrole nitrogens is 1. The Hall–Kier alpha value is -0.768. The van der Waals surface area contributed by atoms with Crippen molar-refractivity contribution < 1.29 is 30.0 Å². The van der Waals surface area contributed by atoms with Crippen LogP contribution in [-0.4, -0.2) is 13.8 Å². The van der Waals surface area contributed by atoms with E-state index >= 15 is 0 Å². The second-order valence-corrected chi connectivity index (χ2v) is 4.00. The monoisotopic (exact) mass is 320 g/mol. The van der Waals surface area contributed by atoms with Gasteiger partial charge in [0.1, 0.15) is 0 Å². The summed E-state index contributed by atoms with van der Waals surface area (Å²) in [6, 6.07) is 0. The number of hydrogen-bond acceptors (Lipinski definition) is 4. The molecule has 0 saturated heterocycles. The van der Waals surface area contributed by atoms with Crippen LogP contribution < -0.4 is 0 Å². The zero-order chi connectivity index (χ0) is 8.04.